The molecule has 2 aromatic carbocycles. The smallest absolute Gasteiger partial charge is 0.126 e. The molecule has 0 unspecified atom stereocenters. The van der Waals surface area contributed by atoms with E-state index in [1.807, 2.05) is 12.1 Å². The predicted octanol–water partition coefficient (Wildman–Crippen LogP) is 3.04. The fourth-order valence-corrected chi connectivity index (χ4v) is 3.43. The molecular weight excluding hydrogens is 300 g/mol. The molecule has 1 fully saturated rings. The number of aryl methyl sites for hydroxylation is 1. The van der Waals surface area contributed by atoms with E-state index in [9.17, 15) is 0 Å². The first kappa shape index (κ1) is 17.1. The fourth-order valence-electron chi connectivity index (χ4n) is 3.43. The second kappa shape index (κ2) is 7.86. The molecular formula is C20H28N2O2. The van der Waals surface area contributed by atoms with Crippen LogP contribution in [0.4, 0.5) is 0 Å². The van der Waals surface area contributed by atoms with Gasteiger partial charge in [0.25, 0.3) is 0 Å². The first-order valence-corrected chi connectivity index (χ1v) is 8.76. The zero-order valence-electron chi connectivity index (χ0n) is 15.0. The van der Waals surface area contributed by atoms with Crippen LogP contribution in [0, 0.1) is 0 Å². The number of nitrogens with zero attached hydrogens (tertiary/aromatic N) is 2. The molecule has 24 heavy (non-hydrogen) atoms. The highest BCUT2D eigenvalue weighted by Crippen LogP contribution is 2.33. The van der Waals surface area contributed by atoms with Gasteiger partial charge in [0.15, 0.2) is 0 Å². The molecule has 0 aromatic heterocycles. The SMILES string of the molecule is COc1ccc(OC)c2cc(CCCN3CCN(C)CC3)ccc12. The van der Waals surface area contributed by atoms with Crippen LogP contribution in [-0.4, -0.2) is 63.8 Å². The van der Waals surface area contributed by atoms with Gasteiger partial charge in [-0.2, -0.15) is 0 Å². The Morgan fingerprint density at radius 2 is 1.54 bits per heavy atom. The van der Waals surface area contributed by atoms with Crippen LogP contribution in [0.2, 0.25) is 0 Å². The Morgan fingerprint density at radius 1 is 0.875 bits per heavy atom. The summed E-state index contributed by atoms with van der Waals surface area (Å²) >= 11 is 0. The van der Waals surface area contributed by atoms with Gasteiger partial charge >= 0.3 is 0 Å². The van der Waals surface area contributed by atoms with Gasteiger partial charge in [-0.3, -0.25) is 0 Å². The number of piperazine rings is 1. The van der Waals surface area contributed by atoms with E-state index in [1.165, 1.54) is 44.7 Å². The summed E-state index contributed by atoms with van der Waals surface area (Å²) in [4.78, 5) is 4.98. The highest BCUT2D eigenvalue weighted by atomic mass is 16.5. The molecule has 0 bridgehead atoms. The summed E-state index contributed by atoms with van der Waals surface area (Å²) in [5.41, 5.74) is 1.36. The van der Waals surface area contributed by atoms with Gasteiger partial charge < -0.3 is 19.3 Å². The Kier molecular flexibility index (Phi) is 5.59. The summed E-state index contributed by atoms with van der Waals surface area (Å²) in [6, 6.07) is 10.6. The summed E-state index contributed by atoms with van der Waals surface area (Å²) < 4.78 is 11.0. The molecule has 4 heteroatoms. The van der Waals surface area contributed by atoms with Crippen molar-refractivity contribution in [2.24, 2.45) is 0 Å². The molecule has 3 rings (SSSR count). The Balaban J connectivity index is 1.67. The Bertz CT molecular complexity index is 679. The molecule has 130 valence electrons. The van der Waals surface area contributed by atoms with Gasteiger partial charge in [0.2, 0.25) is 0 Å². The lowest BCUT2D eigenvalue weighted by Gasteiger charge is -2.32. The van der Waals surface area contributed by atoms with E-state index in [1.54, 1.807) is 14.2 Å². The molecule has 0 atom stereocenters. The lowest BCUT2D eigenvalue weighted by molar-refractivity contribution is 0.153. The Labute approximate surface area is 145 Å². The summed E-state index contributed by atoms with van der Waals surface area (Å²) in [7, 11) is 5.64. The van der Waals surface area contributed by atoms with E-state index < -0.39 is 0 Å². The molecule has 0 N–H and O–H groups in total. The lowest BCUT2D eigenvalue weighted by atomic mass is 10.0. The topological polar surface area (TPSA) is 24.9 Å². The van der Waals surface area contributed by atoms with Gasteiger partial charge in [0, 0.05) is 37.0 Å². The maximum Gasteiger partial charge on any atom is 0.126 e. The largest absolute Gasteiger partial charge is 0.496 e. The number of fused-ring (bicyclic) bond motifs is 1. The maximum atomic E-state index is 5.52. The molecule has 0 radical (unpaired) electrons. The number of methoxy groups -OCH3 is 2. The minimum Gasteiger partial charge on any atom is -0.496 e. The van der Waals surface area contributed by atoms with Crippen molar-refractivity contribution < 1.29 is 9.47 Å². The van der Waals surface area contributed by atoms with Crippen LogP contribution in [0.25, 0.3) is 10.8 Å². The van der Waals surface area contributed by atoms with E-state index in [0.29, 0.717) is 0 Å². The van der Waals surface area contributed by atoms with Crippen molar-refractivity contribution in [1.29, 1.82) is 0 Å². The summed E-state index contributed by atoms with van der Waals surface area (Å²) in [5.74, 6) is 1.81. The van der Waals surface area contributed by atoms with Gasteiger partial charge in [0.1, 0.15) is 11.5 Å². The molecule has 0 amide bonds. The van der Waals surface area contributed by atoms with Gasteiger partial charge in [0.05, 0.1) is 14.2 Å². The number of ether oxygens (including phenoxy) is 2. The van der Waals surface area contributed by atoms with Crippen LogP contribution in [0.5, 0.6) is 11.5 Å². The average Bonchev–Trinajstić information content (AvgIpc) is 2.62. The van der Waals surface area contributed by atoms with E-state index in [2.05, 4.69) is 35.0 Å². The third kappa shape index (κ3) is 3.82. The van der Waals surface area contributed by atoms with E-state index >= 15 is 0 Å². The summed E-state index contributed by atoms with van der Waals surface area (Å²) in [5, 5.41) is 2.24. The van der Waals surface area contributed by atoms with Crippen molar-refractivity contribution in [3.63, 3.8) is 0 Å². The molecule has 1 aliphatic heterocycles. The van der Waals surface area contributed by atoms with Gasteiger partial charge in [-0.05, 0) is 50.2 Å². The van der Waals surface area contributed by atoms with Crippen LogP contribution in [0.3, 0.4) is 0 Å². The van der Waals surface area contributed by atoms with Crippen LogP contribution in [-0.2, 0) is 6.42 Å². The van der Waals surface area contributed by atoms with Crippen molar-refractivity contribution in [3.05, 3.63) is 35.9 Å². The minimum absolute atomic E-state index is 0.898. The molecule has 2 aromatic rings. The number of hydrogen-bond donors (Lipinski definition) is 0. The third-order valence-corrected chi connectivity index (χ3v) is 4.98. The molecule has 4 nitrogen and oxygen atoms in total. The molecule has 0 aliphatic carbocycles. The Morgan fingerprint density at radius 3 is 2.21 bits per heavy atom. The monoisotopic (exact) mass is 328 g/mol. The number of hydrogen-bond acceptors (Lipinski definition) is 4. The van der Waals surface area contributed by atoms with Crippen LogP contribution < -0.4 is 9.47 Å². The van der Waals surface area contributed by atoms with Crippen molar-refractivity contribution in [3.8, 4) is 11.5 Å². The molecule has 1 saturated heterocycles. The van der Waals surface area contributed by atoms with Gasteiger partial charge in [-0.15, -0.1) is 0 Å². The Hall–Kier alpha value is -1.78. The molecule has 1 heterocycles. The quantitative estimate of drug-likeness (QED) is 0.814. The van der Waals surface area contributed by atoms with E-state index in [-0.39, 0.29) is 0 Å². The number of rotatable bonds is 6. The zero-order chi connectivity index (χ0) is 16.9. The molecule has 1 aliphatic rings. The van der Waals surface area contributed by atoms with E-state index in [0.717, 1.165) is 28.7 Å². The number of likely N-dealkylation sites (N-methyl/N-ethyl adjacent to an activating group) is 1. The zero-order valence-corrected chi connectivity index (χ0v) is 15.0. The number of benzene rings is 2. The second-order valence-electron chi connectivity index (χ2n) is 6.60. The van der Waals surface area contributed by atoms with Crippen molar-refractivity contribution >= 4 is 10.8 Å². The van der Waals surface area contributed by atoms with Crippen molar-refractivity contribution in [2.75, 3.05) is 54.0 Å². The van der Waals surface area contributed by atoms with E-state index in [4.69, 9.17) is 9.47 Å². The highest BCUT2D eigenvalue weighted by Gasteiger charge is 2.13. The van der Waals surface area contributed by atoms with Crippen molar-refractivity contribution in [2.45, 2.75) is 12.8 Å². The second-order valence-corrected chi connectivity index (χ2v) is 6.60. The van der Waals surface area contributed by atoms with Gasteiger partial charge in [-0.25, -0.2) is 0 Å². The standard InChI is InChI=1S/C20H28N2O2/c1-21-11-13-22(14-12-21)10-4-5-16-6-7-17-18(15-16)20(24-3)9-8-19(17)23-2/h6-9,15H,4-5,10-14H2,1-3H3. The highest BCUT2D eigenvalue weighted by molar-refractivity contribution is 5.93. The molecule has 0 saturated carbocycles. The third-order valence-electron chi connectivity index (χ3n) is 4.98. The lowest BCUT2D eigenvalue weighted by Crippen LogP contribution is -2.44. The first-order chi connectivity index (χ1) is 11.7. The van der Waals surface area contributed by atoms with Crippen LogP contribution in [0.1, 0.15) is 12.0 Å². The van der Waals surface area contributed by atoms with Crippen LogP contribution in [0.15, 0.2) is 30.3 Å². The summed E-state index contributed by atoms with van der Waals surface area (Å²) in [6.07, 6.45) is 2.30. The average molecular weight is 328 g/mol. The maximum absolute atomic E-state index is 5.52. The normalized spacial score (nSPS) is 16.5. The predicted molar refractivity (Wildman–Crippen MR) is 99.3 cm³/mol. The van der Waals surface area contributed by atoms with Crippen molar-refractivity contribution in [1.82, 2.24) is 9.80 Å². The summed E-state index contributed by atoms with van der Waals surface area (Å²) in [6.45, 7) is 5.94. The van der Waals surface area contributed by atoms with Crippen LogP contribution >= 0.6 is 0 Å². The first-order valence-electron chi connectivity index (χ1n) is 8.76. The minimum atomic E-state index is 0.898. The fraction of sp³-hybridized carbons (Fsp3) is 0.500. The van der Waals surface area contributed by atoms with Gasteiger partial charge in [-0.1, -0.05) is 12.1 Å². The molecule has 0 spiro atoms.